The van der Waals surface area contributed by atoms with Crippen LogP contribution in [0.3, 0.4) is 0 Å². The molecule has 1 atom stereocenters. The molecule has 0 heterocycles. The van der Waals surface area contributed by atoms with Crippen LogP contribution >= 0.6 is 0 Å². The second kappa shape index (κ2) is 6.01. The van der Waals surface area contributed by atoms with Crippen LogP contribution < -0.4 is 0 Å². The summed E-state index contributed by atoms with van der Waals surface area (Å²) < 4.78 is 0. The summed E-state index contributed by atoms with van der Waals surface area (Å²) >= 11 is 0. The van der Waals surface area contributed by atoms with Crippen LogP contribution in [0, 0.1) is 11.3 Å². The van der Waals surface area contributed by atoms with Crippen molar-refractivity contribution < 1.29 is 9.90 Å². The van der Waals surface area contributed by atoms with Crippen LogP contribution in [0.15, 0.2) is 0 Å². The molecule has 1 N–H and O–H groups in total. The molecule has 0 spiro atoms. The SMILES string of the molecule is CC(CC(=O)O)CC(C)(C)C.[NaH]. The Morgan fingerprint density at radius 3 is 2.08 bits per heavy atom. The third kappa shape index (κ3) is 10.5. The van der Waals surface area contributed by atoms with Gasteiger partial charge in [0.2, 0.25) is 0 Å². The maximum absolute atomic E-state index is 10.3. The van der Waals surface area contributed by atoms with Gasteiger partial charge in [0, 0.05) is 6.42 Å². The fourth-order valence-corrected chi connectivity index (χ4v) is 1.42. The van der Waals surface area contributed by atoms with Gasteiger partial charge < -0.3 is 5.11 Å². The molecule has 0 saturated heterocycles. The molecular weight excluding hydrogens is 163 g/mol. The number of hydrogen-bond donors (Lipinski definition) is 1. The van der Waals surface area contributed by atoms with Crippen molar-refractivity contribution in [1.29, 1.82) is 0 Å². The third-order valence-electron chi connectivity index (χ3n) is 1.48. The Kier molecular flexibility index (Phi) is 7.49. The van der Waals surface area contributed by atoms with Crippen LogP contribution in [0.1, 0.15) is 40.5 Å². The summed E-state index contributed by atoms with van der Waals surface area (Å²) in [5, 5.41) is 8.48. The van der Waals surface area contributed by atoms with E-state index in [9.17, 15) is 4.79 Å². The molecular formula is C9H19NaO2. The molecule has 0 aliphatic carbocycles. The van der Waals surface area contributed by atoms with E-state index in [2.05, 4.69) is 20.8 Å². The van der Waals surface area contributed by atoms with E-state index in [0.717, 1.165) is 6.42 Å². The van der Waals surface area contributed by atoms with Crippen molar-refractivity contribution in [2.75, 3.05) is 0 Å². The zero-order valence-electron chi connectivity index (χ0n) is 7.85. The van der Waals surface area contributed by atoms with Crippen LogP contribution in [0.4, 0.5) is 0 Å². The van der Waals surface area contributed by atoms with Crippen molar-refractivity contribution >= 4 is 35.5 Å². The fourth-order valence-electron chi connectivity index (χ4n) is 1.42. The topological polar surface area (TPSA) is 37.3 Å². The fraction of sp³-hybridized carbons (Fsp3) is 0.889. The molecule has 0 radical (unpaired) electrons. The molecule has 0 amide bonds. The number of aliphatic carboxylic acids is 1. The Hall–Kier alpha value is 0.470. The molecule has 0 aromatic rings. The van der Waals surface area contributed by atoms with E-state index < -0.39 is 5.97 Å². The average Bonchev–Trinajstić information content (AvgIpc) is 1.53. The Labute approximate surface area is 97.0 Å². The van der Waals surface area contributed by atoms with Crippen LogP contribution in [0.25, 0.3) is 0 Å². The molecule has 0 rings (SSSR count). The summed E-state index contributed by atoms with van der Waals surface area (Å²) in [6, 6.07) is 0. The van der Waals surface area contributed by atoms with Crippen LogP contribution in [0.5, 0.6) is 0 Å². The maximum atomic E-state index is 10.3. The minimum atomic E-state index is -0.693. The molecule has 0 saturated carbocycles. The molecule has 2 nitrogen and oxygen atoms in total. The Morgan fingerprint density at radius 2 is 1.83 bits per heavy atom. The molecule has 0 aromatic carbocycles. The van der Waals surface area contributed by atoms with Gasteiger partial charge in [-0.05, 0) is 17.8 Å². The van der Waals surface area contributed by atoms with E-state index >= 15 is 0 Å². The van der Waals surface area contributed by atoms with Gasteiger partial charge in [0.25, 0.3) is 0 Å². The zero-order chi connectivity index (χ0) is 9.07. The van der Waals surface area contributed by atoms with E-state index in [0.29, 0.717) is 0 Å². The van der Waals surface area contributed by atoms with Crippen molar-refractivity contribution in [3.05, 3.63) is 0 Å². The molecule has 1 unspecified atom stereocenters. The van der Waals surface area contributed by atoms with E-state index in [4.69, 9.17) is 5.11 Å². The monoisotopic (exact) mass is 182 g/mol. The second-order valence-electron chi connectivity index (χ2n) is 4.47. The summed E-state index contributed by atoms with van der Waals surface area (Å²) in [5.41, 5.74) is 0.245. The first-order valence-corrected chi connectivity index (χ1v) is 4.03. The molecule has 12 heavy (non-hydrogen) atoms. The van der Waals surface area contributed by atoms with Gasteiger partial charge in [-0.15, -0.1) is 0 Å². The number of carbonyl (C=O) groups is 1. The van der Waals surface area contributed by atoms with Gasteiger partial charge in [0.15, 0.2) is 0 Å². The summed E-state index contributed by atoms with van der Waals surface area (Å²) in [4.78, 5) is 10.3. The predicted molar refractivity (Wildman–Crippen MR) is 52.6 cm³/mol. The molecule has 0 bridgehead atoms. The minimum absolute atomic E-state index is 0. The first-order valence-electron chi connectivity index (χ1n) is 4.03. The van der Waals surface area contributed by atoms with Crippen molar-refractivity contribution in [2.24, 2.45) is 11.3 Å². The summed E-state index contributed by atoms with van der Waals surface area (Å²) in [6.45, 7) is 8.38. The van der Waals surface area contributed by atoms with Gasteiger partial charge >= 0.3 is 35.5 Å². The van der Waals surface area contributed by atoms with Gasteiger partial charge in [-0.1, -0.05) is 27.7 Å². The van der Waals surface area contributed by atoms with E-state index in [1.165, 1.54) is 0 Å². The van der Waals surface area contributed by atoms with Gasteiger partial charge in [0.1, 0.15) is 0 Å². The predicted octanol–water partition coefficient (Wildman–Crippen LogP) is 1.88. The standard InChI is InChI=1S/C9H18O2.Na.H/c1-7(5-8(10)11)6-9(2,3)4;;/h7H,5-6H2,1-4H3,(H,10,11);;. The Balaban J connectivity index is 0. The van der Waals surface area contributed by atoms with Crippen molar-refractivity contribution in [1.82, 2.24) is 0 Å². The van der Waals surface area contributed by atoms with E-state index in [1.807, 2.05) is 6.92 Å². The van der Waals surface area contributed by atoms with Gasteiger partial charge in [0.05, 0.1) is 0 Å². The molecule has 0 aliphatic heterocycles. The molecule has 0 aromatic heterocycles. The summed E-state index contributed by atoms with van der Waals surface area (Å²) in [6.07, 6.45) is 1.26. The van der Waals surface area contributed by atoms with Gasteiger partial charge in [-0.3, -0.25) is 4.79 Å². The van der Waals surface area contributed by atoms with Crippen molar-refractivity contribution in [2.45, 2.75) is 40.5 Å². The third-order valence-corrected chi connectivity index (χ3v) is 1.48. The Morgan fingerprint density at radius 1 is 1.42 bits per heavy atom. The summed E-state index contributed by atoms with van der Waals surface area (Å²) in [5.74, 6) is -0.408. The van der Waals surface area contributed by atoms with E-state index in [-0.39, 0.29) is 47.3 Å². The van der Waals surface area contributed by atoms with Gasteiger partial charge in [-0.2, -0.15) is 0 Å². The number of carboxylic acids is 1. The zero-order valence-corrected chi connectivity index (χ0v) is 7.85. The number of rotatable bonds is 3. The van der Waals surface area contributed by atoms with Crippen LogP contribution in [-0.2, 0) is 4.79 Å². The second-order valence-corrected chi connectivity index (χ2v) is 4.47. The van der Waals surface area contributed by atoms with Crippen molar-refractivity contribution in [3.8, 4) is 0 Å². The number of carboxylic acid groups (broad SMARTS) is 1. The van der Waals surface area contributed by atoms with E-state index in [1.54, 1.807) is 0 Å². The Bertz CT molecular complexity index is 138. The summed E-state index contributed by atoms with van der Waals surface area (Å²) in [7, 11) is 0. The van der Waals surface area contributed by atoms with Crippen LogP contribution in [0.2, 0.25) is 0 Å². The average molecular weight is 182 g/mol. The normalized spacial score (nSPS) is 13.3. The molecule has 0 aliphatic rings. The first kappa shape index (κ1) is 15.0. The van der Waals surface area contributed by atoms with Gasteiger partial charge in [-0.25, -0.2) is 0 Å². The van der Waals surface area contributed by atoms with Crippen molar-refractivity contribution in [3.63, 3.8) is 0 Å². The van der Waals surface area contributed by atoms with Crippen LogP contribution in [-0.4, -0.2) is 40.6 Å². The molecule has 68 valence electrons. The molecule has 3 heteroatoms. The first-order chi connectivity index (χ1) is 4.81. The number of hydrogen-bond acceptors (Lipinski definition) is 1. The molecule has 0 fully saturated rings. The quantitative estimate of drug-likeness (QED) is 0.677.